The maximum Gasteiger partial charge on any atom is 0.269 e. The zero-order valence-corrected chi connectivity index (χ0v) is 11.1. The molecule has 1 aliphatic heterocycles. The largest absolute Gasteiger partial charge is 0.350 e. The first kappa shape index (κ1) is 12.7. The lowest BCUT2D eigenvalue weighted by Crippen LogP contribution is -2.32. The normalized spacial score (nSPS) is 19.9. The highest BCUT2D eigenvalue weighted by molar-refractivity contribution is 7.99. The Morgan fingerprint density at radius 1 is 1.53 bits per heavy atom. The van der Waals surface area contributed by atoms with Gasteiger partial charge in [-0.1, -0.05) is 24.1 Å². The molecule has 1 fully saturated rings. The van der Waals surface area contributed by atoms with E-state index in [0.717, 1.165) is 6.54 Å². The fraction of sp³-hybridized carbons (Fsp3) is 0.500. The average Bonchev–Trinajstić information content (AvgIpc) is 2.37. The molecular formula is C12H15ClN2OS. The second-order valence-electron chi connectivity index (χ2n) is 4.04. The molecule has 92 valence electrons. The van der Waals surface area contributed by atoms with Crippen molar-refractivity contribution in [3.05, 3.63) is 29.0 Å². The van der Waals surface area contributed by atoms with Gasteiger partial charge in [-0.15, -0.1) is 0 Å². The van der Waals surface area contributed by atoms with Gasteiger partial charge in [0, 0.05) is 11.8 Å². The van der Waals surface area contributed by atoms with Crippen molar-refractivity contribution in [2.45, 2.75) is 24.5 Å². The SMILES string of the molecule is O=C(NCC1CCCCS1)c1cccc(Cl)n1. The molecule has 1 aromatic rings. The molecule has 1 saturated heterocycles. The van der Waals surface area contributed by atoms with Crippen LogP contribution >= 0.6 is 23.4 Å². The summed E-state index contributed by atoms with van der Waals surface area (Å²) in [6.45, 7) is 0.720. The minimum absolute atomic E-state index is 0.140. The number of nitrogens with zero attached hydrogens (tertiary/aromatic N) is 1. The van der Waals surface area contributed by atoms with Gasteiger partial charge in [0.1, 0.15) is 10.8 Å². The molecule has 1 amide bonds. The van der Waals surface area contributed by atoms with Crippen molar-refractivity contribution in [1.29, 1.82) is 0 Å². The van der Waals surface area contributed by atoms with Crippen molar-refractivity contribution in [3.63, 3.8) is 0 Å². The predicted octanol–water partition coefficient (Wildman–Crippen LogP) is 2.75. The third kappa shape index (κ3) is 3.89. The summed E-state index contributed by atoms with van der Waals surface area (Å²) in [6, 6.07) is 5.07. The number of halogens is 1. The van der Waals surface area contributed by atoms with Gasteiger partial charge in [0.25, 0.3) is 5.91 Å². The summed E-state index contributed by atoms with van der Waals surface area (Å²) in [5.74, 6) is 1.06. The van der Waals surface area contributed by atoms with E-state index in [2.05, 4.69) is 10.3 Å². The number of rotatable bonds is 3. The summed E-state index contributed by atoms with van der Waals surface area (Å²) in [4.78, 5) is 15.8. The van der Waals surface area contributed by atoms with Gasteiger partial charge in [-0.25, -0.2) is 4.98 Å². The Morgan fingerprint density at radius 2 is 2.41 bits per heavy atom. The second-order valence-corrected chi connectivity index (χ2v) is 5.84. The predicted molar refractivity (Wildman–Crippen MR) is 71.7 cm³/mol. The molecule has 3 nitrogen and oxygen atoms in total. The van der Waals surface area contributed by atoms with Crippen LogP contribution in [0.2, 0.25) is 5.15 Å². The Balaban J connectivity index is 1.84. The van der Waals surface area contributed by atoms with Gasteiger partial charge >= 0.3 is 0 Å². The molecular weight excluding hydrogens is 256 g/mol. The molecule has 0 radical (unpaired) electrons. The van der Waals surface area contributed by atoms with E-state index in [4.69, 9.17) is 11.6 Å². The van der Waals surface area contributed by atoms with Crippen molar-refractivity contribution in [1.82, 2.24) is 10.3 Å². The molecule has 1 unspecified atom stereocenters. The number of hydrogen-bond donors (Lipinski definition) is 1. The molecule has 1 aromatic heterocycles. The molecule has 0 spiro atoms. The van der Waals surface area contributed by atoms with Crippen LogP contribution in [-0.2, 0) is 0 Å². The highest BCUT2D eigenvalue weighted by atomic mass is 35.5. The molecule has 1 aliphatic rings. The molecule has 0 aliphatic carbocycles. The molecule has 5 heteroatoms. The quantitative estimate of drug-likeness (QED) is 0.859. The molecule has 1 atom stereocenters. The highest BCUT2D eigenvalue weighted by Crippen LogP contribution is 2.24. The van der Waals surface area contributed by atoms with Crippen LogP contribution in [0.1, 0.15) is 29.8 Å². The van der Waals surface area contributed by atoms with Gasteiger partial charge in [0.2, 0.25) is 0 Å². The molecule has 1 N–H and O–H groups in total. The minimum Gasteiger partial charge on any atom is -0.350 e. The maximum atomic E-state index is 11.8. The maximum absolute atomic E-state index is 11.8. The van der Waals surface area contributed by atoms with Crippen LogP contribution in [0.3, 0.4) is 0 Å². The fourth-order valence-electron chi connectivity index (χ4n) is 1.80. The number of carbonyl (C=O) groups is 1. The summed E-state index contributed by atoms with van der Waals surface area (Å²) < 4.78 is 0. The van der Waals surface area contributed by atoms with Gasteiger partial charge in [-0.2, -0.15) is 11.8 Å². The number of thioether (sulfide) groups is 1. The van der Waals surface area contributed by atoms with Gasteiger partial charge in [0.15, 0.2) is 0 Å². The zero-order valence-electron chi connectivity index (χ0n) is 9.49. The topological polar surface area (TPSA) is 42.0 Å². The Hall–Kier alpha value is -0.740. The zero-order chi connectivity index (χ0) is 12.1. The van der Waals surface area contributed by atoms with E-state index in [1.54, 1.807) is 18.2 Å². The van der Waals surface area contributed by atoms with Crippen molar-refractivity contribution < 1.29 is 4.79 Å². The Labute approximate surface area is 110 Å². The lowest BCUT2D eigenvalue weighted by Gasteiger charge is -2.21. The van der Waals surface area contributed by atoms with E-state index in [1.165, 1.54) is 25.0 Å². The molecule has 2 heterocycles. The summed E-state index contributed by atoms with van der Waals surface area (Å²) in [5.41, 5.74) is 0.387. The third-order valence-electron chi connectivity index (χ3n) is 2.71. The van der Waals surface area contributed by atoms with E-state index in [0.29, 0.717) is 16.1 Å². The monoisotopic (exact) mass is 270 g/mol. The molecule has 0 aromatic carbocycles. The molecule has 0 saturated carbocycles. The number of aromatic nitrogens is 1. The molecule has 17 heavy (non-hydrogen) atoms. The van der Waals surface area contributed by atoms with Crippen LogP contribution in [0.4, 0.5) is 0 Å². The first-order chi connectivity index (χ1) is 8.25. The van der Waals surface area contributed by atoms with Crippen LogP contribution in [0.15, 0.2) is 18.2 Å². The molecule has 0 bridgehead atoms. The van der Waals surface area contributed by atoms with E-state index >= 15 is 0 Å². The fourth-order valence-corrected chi connectivity index (χ4v) is 3.20. The van der Waals surface area contributed by atoms with Crippen LogP contribution in [0.5, 0.6) is 0 Å². The summed E-state index contributed by atoms with van der Waals surface area (Å²) in [5, 5.41) is 3.81. The number of amides is 1. The summed E-state index contributed by atoms with van der Waals surface area (Å²) >= 11 is 7.68. The second kappa shape index (κ2) is 6.26. The Kier molecular flexibility index (Phi) is 4.68. The first-order valence-corrected chi connectivity index (χ1v) is 7.21. The Bertz CT molecular complexity index is 394. The third-order valence-corrected chi connectivity index (χ3v) is 4.32. The average molecular weight is 271 g/mol. The smallest absolute Gasteiger partial charge is 0.269 e. The van der Waals surface area contributed by atoms with Gasteiger partial charge in [-0.05, 0) is 30.7 Å². The van der Waals surface area contributed by atoms with Crippen molar-refractivity contribution in [2.75, 3.05) is 12.3 Å². The van der Waals surface area contributed by atoms with Gasteiger partial charge in [-0.3, -0.25) is 4.79 Å². The van der Waals surface area contributed by atoms with Crippen LogP contribution in [0.25, 0.3) is 0 Å². The number of nitrogens with one attached hydrogen (secondary N) is 1. The highest BCUT2D eigenvalue weighted by Gasteiger charge is 2.15. The van der Waals surface area contributed by atoms with E-state index in [-0.39, 0.29) is 5.91 Å². The Morgan fingerprint density at radius 3 is 3.12 bits per heavy atom. The lowest BCUT2D eigenvalue weighted by atomic mass is 10.2. The minimum atomic E-state index is -0.140. The van der Waals surface area contributed by atoms with Crippen molar-refractivity contribution >= 4 is 29.3 Å². The van der Waals surface area contributed by atoms with Crippen LogP contribution in [-0.4, -0.2) is 28.4 Å². The van der Waals surface area contributed by atoms with E-state index in [9.17, 15) is 4.79 Å². The summed E-state index contributed by atoms with van der Waals surface area (Å²) in [7, 11) is 0. The van der Waals surface area contributed by atoms with Crippen molar-refractivity contribution in [2.24, 2.45) is 0 Å². The van der Waals surface area contributed by atoms with Crippen LogP contribution < -0.4 is 5.32 Å². The molecule has 2 rings (SSSR count). The summed E-state index contributed by atoms with van der Waals surface area (Å²) in [6.07, 6.45) is 3.75. The van der Waals surface area contributed by atoms with E-state index < -0.39 is 0 Å². The standard InChI is InChI=1S/C12H15ClN2OS/c13-11-6-3-5-10(15-11)12(16)14-8-9-4-1-2-7-17-9/h3,5-6,9H,1-2,4,7-8H2,(H,14,16). The van der Waals surface area contributed by atoms with Gasteiger partial charge in [0.05, 0.1) is 0 Å². The van der Waals surface area contributed by atoms with Gasteiger partial charge < -0.3 is 5.32 Å². The van der Waals surface area contributed by atoms with E-state index in [1.807, 2.05) is 11.8 Å². The lowest BCUT2D eigenvalue weighted by molar-refractivity contribution is 0.0948. The van der Waals surface area contributed by atoms with Crippen molar-refractivity contribution in [3.8, 4) is 0 Å². The first-order valence-electron chi connectivity index (χ1n) is 5.78. The van der Waals surface area contributed by atoms with Crippen LogP contribution in [0, 0.1) is 0 Å². The number of pyridine rings is 1. The number of carbonyl (C=O) groups excluding carboxylic acids is 1. The number of hydrogen-bond acceptors (Lipinski definition) is 3.